The molecule has 0 aliphatic carbocycles. The Balaban J connectivity index is 1.89. The van der Waals surface area contributed by atoms with Gasteiger partial charge in [0.1, 0.15) is 6.07 Å². The average molecular weight is 305 g/mol. The summed E-state index contributed by atoms with van der Waals surface area (Å²) in [5.41, 5.74) is 4.68. The fraction of sp³-hybridized carbons (Fsp3) is 0.0526. The van der Waals surface area contributed by atoms with Crippen LogP contribution in [-0.4, -0.2) is 4.98 Å². The SMILES string of the molecule is N#Cc1c(Cl)cncc1-c1ccc(Cc2ccccc2)cc1. The zero-order chi connectivity index (χ0) is 15.4. The van der Waals surface area contributed by atoms with Crippen LogP contribution in [-0.2, 0) is 6.42 Å². The smallest absolute Gasteiger partial charge is 0.101 e. The number of hydrogen-bond acceptors (Lipinski definition) is 2. The van der Waals surface area contributed by atoms with Gasteiger partial charge in [0.05, 0.1) is 10.6 Å². The van der Waals surface area contributed by atoms with Gasteiger partial charge in [0.2, 0.25) is 0 Å². The van der Waals surface area contributed by atoms with Gasteiger partial charge in [-0.15, -0.1) is 0 Å². The lowest BCUT2D eigenvalue weighted by Crippen LogP contribution is -1.90. The quantitative estimate of drug-likeness (QED) is 0.692. The number of halogens is 1. The van der Waals surface area contributed by atoms with Crippen molar-refractivity contribution < 1.29 is 0 Å². The van der Waals surface area contributed by atoms with Crippen molar-refractivity contribution in [3.05, 3.63) is 88.7 Å². The summed E-state index contributed by atoms with van der Waals surface area (Å²) in [7, 11) is 0. The Bertz CT molecular complexity index is 818. The Morgan fingerprint density at radius 3 is 2.27 bits per heavy atom. The molecule has 0 fully saturated rings. The first kappa shape index (κ1) is 14.3. The number of benzene rings is 2. The maximum absolute atomic E-state index is 9.25. The van der Waals surface area contributed by atoms with Gasteiger partial charge in [0, 0.05) is 18.0 Å². The Morgan fingerprint density at radius 1 is 0.909 bits per heavy atom. The van der Waals surface area contributed by atoms with Crippen LogP contribution < -0.4 is 0 Å². The third-order valence-electron chi connectivity index (χ3n) is 3.53. The van der Waals surface area contributed by atoms with Gasteiger partial charge >= 0.3 is 0 Å². The summed E-state index contributed by atoms with van der Waals surface area (Å²) in [6.07, 6.45) is 4.06. The van der Waals surface area contributed by atoms with Gasteiger partial charge in [-0.2, -0.15) is 5.26 Å². The van der Waals surface area contributed by atoms with Gasteiger partial charge in [-0.1, -0.05) is 66.2 Å². The summed E-state index contributed by atoms with van der Waals surface area (Å²) in [6, 6.07) is 20.6. The highest BCUT2D eigenvalue weighted by molar-refractivity contribution is 6.32. The van der Waals surface area contributed by atoms with Crippen LogP contribution in [0, 0.1) is 11.3 Å². The molecule has 3 heteroatoms. The molecule has 22 heavy (non-hydrogen) atoms. The van der Waals surface area contributed by atoms with Gasteiger partial charge in [-0.05, 0) is 23.1 Å². The molecule has 0 spiro atoms. The van der Waals surface area contributed by atoms with Crippen molar-refractivity contribution in [2.75, 3.05) is 0 Å². The van der Waals surface area contributed by atoms with E-state index < -0.39 is 0 Å². The van der Waals surface area contributed by atoms with Crippen molar-refractivity contribution in [1.82, 2.24) is 4.98 Å². The van der Waals surface area contributed by atoms with Crippen LogP contribution in [0.4, 0.5) is 0 Å². The molecule has 0 radical (unpaired) electrons. The zero-order valence-corrected chi connectivity index (χ0v) is 12.6. The molecule has 1 heterocycles. The minimum atomic E-state index is 0.383. The fourth-order valence-corrected chi connectivity index (χ4v) is 2.60. The van der Waals surface area contributed by atoms with Gasteiger partial charge < -0.3 is 0 Å². The van der Waals surface area contributed by atoms with Crippen LogP contribution in [0.15, 0.2) is 67.0 Å². The Hall–Kier alpha value is -2.63. The predicted molar refractivity (Wildman–Crippen MR) is 88.6 cm³/mol. The average Bonchev–Trinajstić information content (AvgIpc) is 2.56. The van der Waals surface area contributed by atoms with E-state index in [9.17, 15) is 5.26 Å². The van der Waals surface area contributed by atoms with E-state index in [2.05, 4.69) is 35.3 Å². The normalized spacial score (nSPS) is 10.2. The molecule has 2 nitrogen and oxygen atoms in total. The Kier molecular flexibility index (Phi) is 4.18. The lowest BCUT2D eigenvalue weighted by molar-refractivity contribution is 1.19. The number of pyridine rings is 1. The predicted octanol–water partition coefficient (Wildman–Crippen LogP) is 4.86. The van der Waals surface area contributed by atoms with Crippen molar-refractivity contribution in [2.45, 2.75) is 6.42 Å². The second-order valence-corrected chi connectivity index (χ2v) is 5.42. The molecule has 0 saturated heterocycles. The van der Waals surface area contributed by atoms with Crippen molar-refractivity contribution in [1.29, 1.82) is 5.26 Å². The fourth-order valence-electron chi connectivity index (χ4n) is 2.40. The molecule has 0 saturated carbocycles. The highest BCUT2D eigenvalue weighted by Crippen LogP contribution is 2.27. The minimum absolute atomic E-state index is 0.383. The Morgan fingerprint density at radius 2 is 1.59 bits per heavy atom. The monoisotopic (exact) mass is 304 g/mol. The highest BCUT2D eigenvalue weighted by Gasteiger charge is 2.09. The molecule has 0 bridgehead atoms. The number of aromatic nitrogens is 1. The first-order valence-corrected chi connectivity index (χ1v) is 7.32. The lowest BCUT2D eigenvalue weighted by Gasteiger charge is -2.07. The van der Waals surface area contributed by atoms with Gasteiger partial charge in [-0.3, -0.25) is 4.98 Å². The maximum atomic E-state index is 9.25. The summed E-state index contributed by atoms with van der Waals surface area (Å²) >= 11 is 6.03. The second kappa shape index (κ2) is 6.43. The van der Waals surface area contributed by atoms with E-state index in [1.165, 1.54) is 17.3 Å². The number of nitriles is 1. The molecular weight excluding hydrogens is 292 g/mol. The minimum Gasteiger partial charge on any atom is -0.262 e. The largest absolute Gasteiger partial charge is 0.262 e. The maximum Gasteiger partial charge on any atom is 0.101 e. The van der Waals surface area contributed by atoms with E-state index in [0.717, 1.165) is 17.5 Å². The highest BCUT2D eigenvalue weighted by atomic mass is 35.5. The molecule has 0 amide bonds. The number of nitrogens with zero attached hydrogens (tertiary/aromatic N) is 2. The van der Waals surface area contributed by atoms with Gasteiger partial charge in [0.15, 0.2) is 0 Å². The molecule has 0 aliphatic heterocycles. The molecule has 3 rings (SSSR count). The second-order valence-electron chi connectivity index (χ2n) is 5.01. The van der Waals surface area contributed by atoms with Crippen molar-refractivity contribution in [2.24, 2.45) is 0 Å². The van der Waals surface area contributed by atoms with Crippen LogP contribution in [0.2, 0.25) is 5.02 Å². The van der Waals surface area contributed by atoms with E-state index in [1.807, 2.05) is 30.3 Å². The van der Waals surface area contributed by atoms with Crippen LogP contribution in [0.5, 0.6) is 0 Å². The molecule has 2 aromatic carbocycles. The van der Waals surface area contributed by atoms with Gasteiger partial charge in [-0.25, -0.2) is 0 Å². The summed E-state index contributed by atoms with van der Waals surface area (Å²) in [5, 5.41) is 9.63. The zero-order valence-electron chi connectivity index (χ0n) is 11.8. The topological polar surface area (TPSA) is 36.7 Å². The number of hydrogen-bond donors (Lipinski definition) is 0. The van der Waals surface area contributed by atoms with Crippen molar-refractivity contribution in [3.8, 4) is 17.2 Å². The molecule has 0 N–H and O–H groups in total. The molecular formula is C19H13ClN2. The molecule has 3 aromatic rings. The van der Waals surface area contributed by atoms with Crippen molar-refractivity contribution >= 4 is 11.6 Å². The molecule has 1 aromatic heterocycles. The standard InChI is InChI=1S/C19H13ClN2/c20-19-13-22-12-18(17(19)11-21)16-8-6-15(7-9-16)10-14-4-2-1-3-5-14/h1-9,12-13H,10H2. The van der Waals surface area contributed by atoms with Crippen LogP contribution >= 0.6 is 11.6 Å². The van der Waals surface area contributed by atoms with Crippen LogP contribution in [0.1, 0.15) is 16.7 Å². The number of rotatable bonds is 3. The molecule has 0 aliphatic rings. The summed E-state index contributed by atoms with van der Waals surface area (Å²) in [4.78, 5) is 4.08. The summed E-state index contributed by atoms with van der Waals surface area (Å²) in [6.45, 7) is 0. The third kappa shape index (κ3) is 3.00. The third-order valence-corrected chi connectivity index (χ3v) is 3.81. The molecule has 106 valence electrons. The van der Waals surface area contributed by atoms with E-state index in [-0.39, 0.29) is 0 Å². The summed E-state index contributed by atoms with van der Waals surface area (Å²) in [5.74, 6) is 0. The van der Waals surface area contributed by atoms with Crippen molar-refractivity contribution in [3.63, 3.8) is 0 Å². The molecule has 0 unspecified atom stereocenters. The van der Waals surface area contributed by atoms with E-state index in [4.69, 9.17) is 11.6 Å². The first-order chi connectivity index (χ1) is 10.8. The van der Waals surface area contributed by atoms with E-state index >= 15 is 0 Å². The van der Waals surface area contributed by atoms with E-state index in [0.29, 0.717) is 10.6 Å². The first-order valence-electron chi connectivity index (χ1n) is 6.95. The van der Waals surface area contributed by atoms with Crippen LogP contribution in [0.25, 0.3) is 11.1 Å². The van der Waals surface area contributed by atoms with Crippen LogP contribution in [0.3, 0.4) is 0 Å². The Labute approximate surface area is 134 Å². The molecule has 0 atom stereocenters. The van der Waals surface area contributed by atoms with Gasteiger partial charge in [0.25, 0.3) is 0 Å². The van der Waals surface area contributed by atoms with E-state index in [1.54, 1.807) is 6.20 Å². The lowest BCUT2D eigenvalue weighted by atomic mass is 9.99. The summed E-state index contributed by atoms with van der Waals surface area (Å²) < 4.78 is 0.